The molecule has 2 saturated heterocycles. The summed E-state index contributed by atoms with van der Waals surface area (Å²) in [5.74, 6) is 0.793. The Kier molecular flexibility index (Phi) is 5.67. The van der Waals surface area contributed by atoms with Gasteiger partial charge in [-0.1, -0.05) is 0 Å². The Bertz CT molecular complexity index is 596. The molecule has 2 fully saturated rings. The lowest BCUT2D eigenvalue weighted by atomic mass is 10.1. The Morgan fingerprint density at radius 2 is 1.76 bits per heavy atom. The van der Waals surface area contributed by atoms with Crippen LogP contribution in [-0.4, -0.2) is 77.0 Å². The van der Waals surface area contributed by atoms with Crippen LogP contribution < -0.4 is 10.2 Å². The van der Waals surface area contributed by atoms with Crippen molar-refractivity contribution >= 4 is 17.9 Å². The van der Waals surface area contributed by atoms with Crippen LogP contribution in [0.2, 0.25) is 0 Å². The second-order valence-corrected chi connectivity index (χ2v) is 6.63. The van der Waals surface area contributed by atoms with E-state index in [-0.39, 0.29) is 18.0 Å². The molecule has 3 amide bonds. The van der Waals surface area contributed by atoms with Crippen LogP contribution in [0.25, 0.3) is 0 Å². The van der Waals surface area contributed by atoms with E-state index in [0.29, 0.717) is 25.6 Å². The summed E-state index contributed by atoms with van der Waals surface area (Å²) in [6.07, 6.45) is 6.26. The van der Waals surface area contributed by atoms with Gasteiger partial charge in [-0.25, -0.2) is 14.8 Å². The van der Waals surface area contributed by atoms with Crippen molar-refractivity contribution in [2.24, 2.45) is 0 Å². The van der Waals surface area contributed by atoms with E-state index in [2.05, 4.69) is 20.2 Å². The van der Waals surface area contributed by atoms with Gasteiger partial charge in [-0.2, -0.15) is 0 Å². The quantitative estimate of drug-likeness (QED) is 0.853. The first-order valence-corrected chi connectivity index (χ1v) is 8.96. The molecule has 0 saturated carbocycles. The highest BCUT2D eigenvalue weighted by molar-refractivity contribution is 5.75. The minimum Gasteiger partial charge on any atom is -0.341 e. The van der Waals surface area contributed by atoms with Crippen molar-refractivity contribution in [3.05, 3.63) is 18.5 Å². The van der Waals surface area contributed by atoms with Crippen molar-refractivity contribution in [2.45, 2.75) is 32.2 Å². The number of urea groups is 1. The molecule has 1 atom stereocenters. The van der Waals surface area contributed by atoms with Gasteiger partial charge in [0.15, 0.2) is 0 Å². The Balaban J connectivity index is 1.53. The third-order valence-corrected chi connectivity index (χ3v) is 4.81. The minimum atomic E-state index is -0.0359. The molecule has 0 radical (unpaired) electrons. The molecule has 25 heavy (non-hydrogen) atoms. The molecule has 0 unspecified atom stereocenters. The van der Waals surface area contributed by atoms with Gasteiger partial charge in [0.2, 0.25) is 11.9 Å². The van der Waals surface area contributed by atoms with Gasteiger partial charge in [0.1, 0.15) is 0 Å². The van der Waals surface area contributed by atoms with Crippen LogP contribution in [0.1, 0.15) is 26.2 Å². The van der Waals surface area contributed by atoms with Crippen molar-refractivity contribution in [1.82, 2.24) is 25.1 Å². The summed E-state index contributed by atoms with van der Waals surface area (Å²) in [4.78, 5) is 38.4. The van der Waals surface area contributed by atoms with Gasteiger partial charge < -0.3 is 20.0 Å². The number of amides is 3. The number of nitrogens with one attached hydrogen (secondary N) is 1. The van der Waals surface area contributed by atoms with E-state index in [0.717, 1.165) is 38.9 Å². The van der Waals surface area contributed by atoms with Crippen molar-refractivity contribution in [2.75, 3.05) is 44.2 Å². The van der Waals surface area contributed by atoms with Crippen LogP contribution in [0.3, 0.4) is 0 Å². The van der Waals surface area contributed by atoms with Crippen LogP contribution >= 0.6 is 0 Å². The number of carbonyl (C=O) groups excluding carboxylic acids is 2. The van der Waals surface area contributed by atoms with E-state index >= 15 is 0 Å². The number of nitrogens with zero attached hydrogens (tertiary/aromatic N) is 5. The van der Waals surface area contributed by atoms with E-state index in [1.165, 1.54) is 0 Å². The predicted molar refractivity (Wildman–Crippen MR) is 94.2 cm³/mol. The molecule has 2 aliphatic rings. The van der Waals surface area contributed by atoms with Crippen LogP contribution in [0.4, 0.5) is 10.7 Å². The van der Waals surface area contributed by atoms with E-state index in [9.17, 15) is 9.59 Å². The fourth-order valence-corrected chi connectivity index (χ4v) is 3.43. The van der Waals surface area contributed by atoms with Gasteiger partial charge in [0.05, 0.1) is 0 Å². The van der Waals surface area contributed by atoms with Gasteiger partial charge in [-0.3, -0.25) is 4.79 Å². The maximum atomic E-state index is 12.6. The Hall–Kier alpha value is -2.38. The topological polar surface area (TPSA) is 81.7 Å². The van der Waals surface area contributed by atoms with Crippen molar-refractivity contribution in [3.8, 4) is 0 Å². The molecule has 8 heteroatoms. The number of carbonyl (C=O) groups is 2. The molecule has 0 bridgehead atoms. The molecule has 0 spiro atoms. The highest BCUT2D eigenvalue weighted by Crippen LogP contribution is 2.15. The monoisotopic (exact) mass is 346 g/mol. The summed E-state index contributed by atoms with van der Waals surface area (Å²) in [5, 5.41) is 3.15. The van der Waals surface area contributed by atoms with Gasteiger partial charge in [0, 0.05) is 64.6 Å². The SMILES string of the molecule is CC(=O)N1CCCN(C(=O)N[C@@H]2CCCN(c3ncccn3)C2)CC1. The lowest BCUT2D eigenvalue weighted by Gasteiger charge is -2.34. The average molecular weight is 346 g/mol. The lowest BCUT2D eigenvalue weighted by Crippen LogP contribution is -2.52. The highest BCUT2D eigenvalue weighted by atomic mass is 16.2. The molecule has 1 N–H and O–H groups in total. The summed E-state index contributed by atoms with van der Waals surface area (Å²) in [5.41, 5.74) is 0. The van der Waals surface area contributed by atoms with E-state index in [1.54, 1.807) is 25.4 Å². The van der Waals surface area contributed by atoms with Crippen LogP contribution in [0.5, 0.6) is 0 Å². The normalized spacial score (nSPS) is 21.6. The predicted octanol–water partition coefficient (Wildman–Crippen LogP) is 0.709. The van der Waals surface area contributed by atoms with Gasteiger partial charge >= 0.3 is 6.03 Å². The number of rotatable bonds is 2. The first kappa shape index (κ1) is 17.4. The summed E-state index contributed by atoms with van der Waals surface area (Å²) >= 11 is 0. The largest absolute Gasteiger partial charge is 0.341 e. The smallest absolute Gasteiger partial charge is 0.317 e. The van der Waals surface area contributed by atoms with Gasteiger partial charge in [0.25, 0.3) is 0 Å². The molecular formula is C17H26N6O2. The van der Waals surface area contributed by atoms with Crippen molar-refractivity contribution in [3.63, 3.8) is 0 Å². The van der Waals surface area contributed by atoms with Crippen LogP contribution in [0.15, 0.2) is 18.5 Å². The van der Waals surface area contributed by atoms with Crippen LogP contribution in [0, 0.1) is 0 Å². The molecular weight excluding hydrogens is 320 g/mol. The molecule has 1 aromatic heterocycles. The first-order valence-electron chi connectivity index (χ1n) is 8.96. The molecule has 8 nitrogen and oxygen atoms in total. The average Bonchev–Trinajstić information content (AvgIpc) is 2.89. The number of hydrogen-bond donors (Lipinski definition) is 1. The number of piperidine rings is 1. The summed E-state index contributed by atoms with van der Waals surface area (Å²) in [6.45, 7) is 5.82. The molecule has 136 valence electrons. The molecule has 1 aromatic rings. The lowest BCUT2D eigenvalue weighted by molar-refractivity contribution is -0.128. The molecule has 0 aromatic carbocycles. The molecule has 3 heterocycles. The zero-order chi connectivity index (χ0) is 17.6. The number of aromatic nitrogens is 2. The second kappa shape index (κ2) is 8.13. The number of hydrogen-bond acceptors (Lipinski definition) is 5. The van der Waals surface area contributed by atoms with Gasteiger partial charge in [-0.15, -0.1) is 0 Å². The Morgan fingerprint density at radius 3 is 2.52 bits per heavy atom. The van der Waals surface area contributed by atoms with Crippen molar-refractivity contribution < 1.29 is 9.59 Å². The third-order valence-electron chi connectivity index (χ3n) is 4.81. The second-order valence-electron chi connectivity index (χ2n) is 6.63. The van der Waals surface area contributed by atoms with E-state index in [1.807, 2.05) is 9.80 Å². The maximum Gasteiger partial charge on any atom is 0.317 e. The maximum absolute atomic E-state index is 12.6. The standard InChI is InChI=1S/C17H26N6O2/c1-14(24)21-9-4-10-22(12-11-21)17(25)20-15-5-2-8-23(13-15)16-18-6-3-7-19-16/h3,6-7,15H,2,4-5,8-13H2,1H3,(H,20,25)/t15-/m1/s1. The van der Waals surface area contributed by atoms with E-state index in [4.69, 9.17) is 0 Å². The Labute approximate surface area is 148 Å². The zero-order valence-corrected chi connectivity index (χ0v) is 14.7. The first-order chi connectivity index (χ1) is 12.1. The summed E-state index contributed by atoms with van der Waals surface area (Å²) < 4.78 is 0. The number of anilines is 1. The molecule has 0 aliphatic carbocycles. The fraction of sp³-hybridized carbons (Fsp3) is 0.647. The van der Waals surface area contributed by atoms with Crippen LogP contribution in [-0.2, 0) is 4.79 Å². The highest BCUT2D eigenvalue weighted by Gasteiger charge is 2.26. The summed E-state index contributed by atoms with van der Waals surface area (Å²) in [7, 11) is 0. The minimum absolute atomic E-state index is 0.0359. The van der Waals surface area contributed by atoms with E-state index < -0.39 is 0 Å². The van der Waals surface area contributed by atoms with Gasteiger partial charge in [-0.05, 0) is 25.3 Å². The molecule has 3 rings (SSSR count). The Morgan fingerprint density at radius 1 is 1.04 bits per heavy atom. The van der Waals surface area contributed by atoms with Crippen molar-refractivity contribution in [1.29, 1.82) is 0 Å². The zero-order valence-electron chi connectivity index (χ0n) is 14.7. The molecule has 2 aliphatic heterocycles. The summed E-state index contributed by atoms with van der Waals surface area (Å²) in [6, 6.07) is 1.86. The fourth-order valence-electron chi connectivity index (χ4n) is 3.43. The third kappa shape index (κ3) is 4.58.